The van der Waals surface area contributed by atoms with E-state index in [0.717, 1.165) is 36.1 Å². The quantitative estimate of drug-likeness (QED) is 0.458. The molecular weight excluding hydrogens is 445 g/mol. The highest BCUT2D eigenvalue weighted by Crippen LogP contribution is 2.35. The number of anilines is 1. The smallest absolute Gasteiger partial charge is 0.147 e. The van der Waals surface area contributed by atoms with Gasteiger partial charge in [-0.25, -0.2) is 14.1 Å². The first-order chi connectivity index (χ1) is 17.1. The summed E-state index contributed by atoms with van der Waals surface area (Å²) >= 11 is 0. The van der Waals surface area contributed by atoms with Crippen LogP contribution in [0.4, 0.5) is 10.2 Å². The lowest BCUT2D eigenvalue weighted by molar-refractivity contribution is 0.176. The number of rotatable bonds is 5. The Morgan fingerprint density at radius 1 is 1.06 bits per heavy atom. The summed E-state index contributed by atoms with van der Waals surface area (Å²) in [5.74, 6) is 0.732. The van der Waals surface area contributed by atoms with Gasteiger partial charge in [-0.05, 0) is 49.1 Å². The van der Waals surface area contributed by atoms with E-state index in [0.29, 0.717) is 23.1 Å². The average molecular weight is 472 g/mol. The number of hydrogen-bond acceptors (Lipinski definition) is 7. The number of nitrogens with zero attached hydrogens (tertiary/aromatic N) is 6. The van der Waals surface area contributed by atoms with Crippen molar-refractivity contribution in [2.24, 2.45) is 0 Å². The second-order valence-electron chi connectivity index (χ2n) is 9.28. The molecule has 0 amide bonds. The Kier molecular flexibility index (Phi) is 5.41. The number of hydrogen-bond donors (Lipinski definition) is 2. The van der Waals surface area contributed by atoms with Crippen LogP contribution in [0.1, 0.15) is 19.3 Å². The SMILES string of the molecule is CN(c1cnc(-c2ccc(-c3cnn(-c4ccncc4)c3)cc2O)cn1)[C@H]1C[C@@H]2CC[C@@H](N2)[C@H]1F. The zero-order valence-corrected chi connectivity index (χ0v) is 19.3. The van der Waals surface area contributed by atoms with Crippen molar-refractivity contribution in [3.8, 4) is 33.8 Å². The highest BCUT2D eigenvalue weighted by Gasteiger charge is 2.43. The first-order valence-electron chi connectivity index (χ1n) is 11.8. The molecule has 8 nitrogen and oxygen atoms in total. The number of pyridine rings is 1. The van der Waals surface area contributed by atoms with Crippen molar-refractivity contribution in [1.82, 2.24) is 30.0 Å². The molecule has 9 heteroatoms. The fourth-order valence-electron chi connectivity index (χ4n) is 5.20. The van der Waals surface area contributed by atoms with Crippen molar-refractivity contribution in [1.29, 1.82) is 0 Å². The molecule has 35 heavy (non-hydrogen) atoms. The molecule has 0 unspecified atom stereocenters. The van der Waals surface area contributed by atoms with Crippen molar-refractivity contribution < 1.29 is 9.50 Å². The molecule has 0 aliphatic carbocycles. The molecule has 2 aliphatic rings. The topological polar surface area (TPSA) is 92.0 Å². The van der Waals surface area contributed by atoms with E-state index in [-0.39, 0.29) is 17.8 Å². The van der Waals surface area contributed by atoms with Crippen molar-refractivity contribution >= 4 is 5.82 Å². The second kappa shape index (κ2) is 8.74. The normalized spacial score (nSPS) is 23.4. The molecule has 0 spiro atoms. The third kappa shape index (κ3) is 4.01. The van der Waals surface area contributed by atoms with E-state index in [4.69, 9.17) is 0 Å². The molecule has 2 saturated heterocycles. The van der Waals surface area contributed by atoms with Gasteiger partial charge in [0.15, 0.2) is 0 Å². The summed E-state index contributed by atoms with van der Waals surface area (Å²) in [5, 5.41) is 18.5. The minimum atomic E-state index is -0.931. The maximum absolute atomic E-state index is 15.0. The Bertz CT molecular complexity index is 1330. The van der Waals surface area contributed by atoms with Crippen LogP contribution in [0.3, 0.4) is 0 Å². The standard InChI is InChI=1S/C26H26FN7O/c1-33(23-11-18-3-5-21(32-18)26(23)27)25-14-29-22(13-30-25)20-4-2-16(10-24(20)35)17-12-31-34(15-17)19-6-8-28-9-7-19/h2,4,6-10,12-15,18,21,23,26,32,35H,3,5,11H2,1H3/t18-,21+,23-,26+/m0/s1. The maximum Gasteiger partial charge on any atom is 0.147 e. The average Bonchev–Trinajstić information content (AvgIpc) is 3.55. The van der Waals surface area contributed by atoms with Gasteiger partial charge in [-0.1, -0.05) is 6.07 Å². The molecule has 4 atom stereocenters. The third-order valence-electron chi connectivity index (χ3n) is 7.17. The first kappa shape index (κ1) is 21.7. The van der Waals surface area contributed by atoms with Crippen LogP contribution in [-0.4, -0.2) is 61.2 Å². The third-order valence-corrected chi connectivity index (χ3v) is 7.17. The van der Waals surface area contributed by atoms with E-state index >= 15 is 0 Å². The number of fused-ring (bicyclic) bond motifs is 2. The molecule has 2 bridgehead atoms. The molecular formula is C26H26FN7O. The van der Waals surface area contributed by atoms with Crippen LogP contribution in [0, 0.1) is 0 Å². The van der Waals surface area contributed by atoms with Crippen LogP contribution >= 0.6 is 0 Å². The van der Waals surface area contributed by atoms with Crippen LogP contribution in [0.5, 0.6) is 5.75 Å². The summed E-state index contributed by atoms with van der Waals surface area (Å²) in [6.07, 6.45) is 12.1. The van der Waals surface area contributed by atoms with Crippen LogP contribution in [0.15, 0.2) is 67.5 Å². The van der Waals surface area contributed by atoms with E-state index in [2.05, 4.69) is 25.4 Å². The Balaban J connectivity index is 1.20. The molecule has 178 valence electrons. The van der Waals surface area contributed by atoms with Crippen LogP contribution in [0.25, 0.3) is 28.1 Å². The van der Waals surface area contributed by atoms with Gasteiger partial charge in [-0.3, -0.25) is 9.97 Å². The van der Waals surface area contributed by atoms with Crippen molar-refractivity contribution in [3.63, 3.8) is 0 Å². The minimum Gasteiger partial charge on any atom is -0.507 e. The van der Waals surface area contributed by atoms with E-state index in [1.807, 2.05) is 42.4 Å². The Labute approximate surface area is 202 Å². The highest BCUT2D eigenvalue weighted by atomic mass is 19.1. The highest BCUT2D eigenvalue weighted by molar-refractivity contribution is 5.74. The molecule has 2 aliphatic heterocycles. The zero-order chi connectivity index (χ0) is 23.9. The van der Waals surface area contributed by atoms with Crippen molar-refractivity contribution in [3.05, 3.63) is 67.5 Å². The number of halogens is 1. The Hall–Kier alpha value is -3.85. The summed E-state index contributed by atoms with van der Waals surface area (Å²) in [5.41, 5.74) is 3.76. The molecule has 4 aromatic rings. The molecule has 2 fully saturated rings. The van der Waals surface area contributed by atoms with Gasteiger partial charge in [0.05, 0.1) is 36.0 Å². The number of aromatic hydroxyl groups is 1. The summed E-state index contributed by atoms with van der Waals surface area (Å²) < 4.78 is 16.7. The number of benzene rings is 1. The Morgan fingerprint density at radius 2 is 1.91 bits per heavy atom. The zero-order valence-electron chi connectivity index (χ0n) is 19.3. The van der Waals surface area contributed by atoms with Gasteiger partial charge in [-0.2, -0.15) is 5.10 Å². The van der Waals surface area contributed by atoms with E-state index in [1.54, 1.807) is 41.7 Å². The predicted molar refractivity (Wildman–Crippen MR) is 131 cm³/mol. The Morgan fingerprint density at radius 3 is 2.69 bits per heavy atom. The van der Waals surface area contributed by atoms with Crippen molar-refractivity contribution in [2.45, 2.75) is 43.6 Å². The number of piperidine rings is 1. The number of phenols is 1. The fourth-order valence-corrected chi connectivity index (χ4v) is 5.20. The van der Waals surface area contributed by atoms with Gasteiger partial charge < -0.3 is 15.3 Å². The van der Waals surface area contributed by atoms with Gasteiger partial charge in [0.1, 0.15) is 17.7 Å². The summed E-state index contributed by atoms with van der Waals surface area (Å²) in [7, 11) is 1.88. The van der Waals surface area contributed by atoms with E-state index in [1.165, 1.54) is 0 Å². The van der Waals surface area contributed by atoms with Gasteiger partial charge in [0.25, 0.3) is 0 Å². The summed E-state index contributed by atoms with van der Waals surface area (Å²) in [6, 6.07) is 9.28. The molecule has 0 saturated carbocycles. The molecule has 0 radical (unpaired) electrons. The predicted octanol–water partition coefficient (Wildman–Crippen LogP) is 3.76. The van der Waals surface area contributed by atoms with Gasteiger partial charge >= 0.3 is 0 Å². The van der Waals surface area contributed by atoms with Gasteiger partial charge in [-0.15, -0.1) is 0 Å². The molecule has 1 aromatic carbocycles. The molecule has 2 N–H and O–H groups in total. The molecule has 6 rings (SSSR count). The maximum atomic E-state index is 15.0. The first-order valence-corrected chi connectivity index (χ1v) is 11.8. The van der Waals surface area contributed by atoms with Gasteiger partial charge in [0, 0.05) is 48.8 Å². The second-order valence-corrected chi connectivity index (χ2v) is 9.28. The number of aromatic nitrogens is 5. The summed E-state index contributed by atoms with van der Waals surface area (Å²) in [6.45, 7) is 0. The van der Waals surface area contributed by atoms with Crippen LogP contribution < -0.4 is 10.2 Å². The lowest BCUT2D eigenvalue weighted by Crippen LogP contribution is -2.55. The number of nitrogens with one attached hydrogen (secondary N) is 1. The van der Waals surface area contributed by atoms with Crippen LogP contribution in [-0.2, 0) is 0 Å². The number of alkyl halides is 1. The number of phenolic OH excluding ortho intramolecular Hbond substituents is 1. The molecule has 3 aromatic heterocycles. The largest absolute Gasteiger partial charge is 0.507 e. The van der Waals surface area contributed by atoms with Crippen LogP contribution in [0.2, 0.25) is 0 Å². The van der Waals surface area contributed by atoms with E-state index < -0.39 is 6.17 Å². The lowest BCUT2D eigenvalue weighted by Gasteiger charge is -2.38. The van der Waals surface area contributed by atoms with E-state index in [9.17, 15) is 9.50 Å². The monoisotopic (exact) mass is 471 g/mol. The lowest BCUT2D eigenvalue weighted by atomic mass is 9.96. The van der Waals surface area contributed by atoms with Crippen molar-refractivity contribution in [2.75, 3.05) is 11.9 Å². The molecule has 5 heterocycles. The minimum absolute atomic E-state index is 0.0688. The van der Waals surface area contributed by atoms with Gasteiger partial charge in [0.2, 0.25) is 0 Å². The summed E-state index contributed by atoms with van der Waals surface area (Å²) in [4.78, 5) is 15.0. The fraction of sp³-hybridized carbons (Fsp3) is 0.308.